The normalized spacial score (nSPS) is 12.8. The molecule has 3 N–H and O–H groups in total. The van der Waals surface area contributed by atoms with Crippen LogP contribution in [0, 0.1) is 10.1 Å². The van der Waals surface area contributed by atoms with Gasteiger partial charge in [-0.2, -0.15) is 26.3 Å². The Balaban J connectivity index is 1.44. The number of anilines is 1. The van der Waals surface area contributed by atoms with E-state index in [-0.39, 0.29) is 41.2 Å². The van der Waals surface area contributed by atoms with E-state index in [0.29, 0.717) is 11.3 Å². The first kappa shape index (κ1) is 43.5. The molecule has 0 spiro atoms. The van der Waals surface area contributed by atoms with Crippen LogP contribution >= 0.6 is 19.5 Å². The second-order valence-corrected chi connectivity index (χ2v) is 18.1. The highest BCUT2D eigenvalue weighted by Crippen LogP contribution is 2.60. The van der Waals surface area contributed by atoms with Gasteiger partial charge in [-0.25, -0.2) is 0 Å². The van der Waals surface area contributed by atoms with E-state index in [2.05, 4.69) is 16.0 Å². The van der Waals surface area contributed by atoms with Crippen molar-refractivity contribution >= 4 is 52.5 Å². The number of nitro benzene ring substituents is 1. The summed E-state index contributed by atoms with van der Waals surface area (Å²) >= 11 is 5.61. The molecule has 6 aromatic carbocycles. The highest BCUT2D eigenvalue weighted by atomic mass is 32.1. The second kappa shape index (κ2) is 18.9. The molecule has 0 bridgehead atoms. The molecule has 0 aromatic heterocycles. The number of carbonyl (C=O) groups excluding carboxylic acids is 1. The van der Waals surface area contributed by atoms with Gasteiger partial charge >= 0.3 is 12.4 Å². The molecule has 60 heavy (non-hydrogen) atoms. The van der Waals surface area contributed by atoms with Crippen LogP contribution in [-0.4, -0.2) is 28.1 Å². The van der Waals surface area contributed by atoms with Gasteiger partial charge in [0.15, 0.2) is 5.11 Å². The number of rotatable bonds is 14. The Labute approximate surface area is 348 Å². The Morgan fingerprint density at radius 3 is 1.62 bits per heavy atom. The molecular formula is C45H38F6N4O3PS+. The number of hydrogen-bond donors (Lipinski definition) is 3. The molecule has 0 radical (unpaired) electrons. The molecule has 2 atom stereocenters. The summed E-state index contributed by atoms with van der Waals surface area (Å²) < 4.78 is 85.4. The maximum atomic E-state index is 14.7. The van der Waals surface area contributed by atoms with Gasteiger partial charge in [0.25, 0.3) is 5.69 Å². The third-order valence-corrected chi connectivity index (χ3v) is 14.6. The van der Waals surface area contributed by atoms with Crippen LogP contribution in [0.2, 0.25) is 0 Å². The fraction of sp³-hybridized carbons (Fsp3) is 0.156. The van der Waals surface area contributed by atoms with E-state index in [9.17, 15) is 41.3 Å². The van der Waals surface area contributed by atoms with E-state index in [1.807, 2.05) is 54.6 Å². The van der Waals surface area contributed by atoms with Crippen molar-refractivity contribution in [2.75, 3.05) is 11.5 Å². The largest absolute Gasteiger partial charge is 0.416 e. The number of nitrogens with one attached hydrogen (secondary N) is 3. The number of nitro groups is 1. The number of carbonyl (C=O) groups is 1. The first-order valence-electron chi connectivity index (χ1n) is 18.6. The van der Waals surface area contributed by atoms with E-state index in [1.54, 1.807) is 66.7 Å². The van der Waals surface area contributed by atoms with Crippen LogP contribution in [0.25, 0.3) is 0 Å². The SMILES string of the molecule is O=C(N[C@@H](Cc1ccccc1)C[P+](Cc1cc(C(F)(F)F)cc(C(F)(F)F)c1)(c1ccccc1)c1ccccc1)[C@@H](NC(=S)Nc1ccc([N+](=O)[O-])cc1)c1ccccc1. The monoisotopic (exact) mass is 859 g/mol. The van der Waals surface area contributed by atoms with Crippen LogP contribution in [0.1, 0.15) is 33.9 Å². The molecule has 0 saturated heterocycles. The van der Waals surface area contributed by atoms with E-state index in [4.69, 9.17) is 12.2 Å². The lowest BCUT2D eigenvalue weighted by Crippen LogP contribution is -2.48. The summed E-state index contributed by atoms with van der Waals surface area (Å²) in [4.78, 5) is 25.3. The summed E-state index contributed by atoms with van der Waals surface area (Å²) in [6.45, 7) is 0. The lowest BCUT2D eigenvalue weighted by Gasteiger charge is -2.33. The molecule has 0 aliphatic heterocycles. The summed E-state index contributed by atoms with van der Waals surface area (Å²) in [6.07, 6.45) is -9.87. The Morgan fingerprint density at radius 1 is 0.650 bits per heavy atom. The topological polar surface area (TPSA) is 96.3 Å². The lowest BCUT2D eigenvalue weighted by atomic mass is 10.0. The van der Waals surface area contributed by atoms with Crippen molar-refractivity contribution in [3.63, 3.8) is 0 Å². The first-order chi connectivity index (χ1) is 28.6. The molecule has 6 aromatic rings. The molecule has 7 nitrogen and oxygen atoms in total. The van der Waals surface area contributed by atoms with Crippen LogP contribution in [0.15, 0.2) is 164 Å². The fourth-order valence-electron chi connectivity index (χ4n) is 7.09. The zero-order valence-electron chi connectivity index (χ0n) is 31.7. The van der Waals surface area contributed by atoms with Crippen molar-refractivity contribution < 1.29 is 36.1 Å². The Kier molecular flexibility index (Phi) is 13.7. The Hall–Kier alpha value is -6.11. The average molecular weight is 860 g/mol. The zero-order chi connectivity index (χ0) is 42.9. The molecule has 308 valence electrons. The summed E-state index contributed by atoms with van der Waals surface area (Å²) in [5.41, 5.74) is -1.28. The summed E-state index contributed by atoms with van der Waals surface area (Å²) in [6, 6.07) is 41.4. The third kappa shape index (κ3) is 11.1. The van der Waals surface area contributed by atoms with Gasteiger partial charge < -0.3 is 16.0 Å². The van der Waals surface area contributed by atoms with Gasteiger partial charge in [0.1, 0.15) is 6.04 Å². The minimum Gasteiger partial charge on any atom is -0.347 e. The molecule has 0 unspecified atom stereocenters. The van der Waals surface area contributed by atoms with Gasteiger partial charge in [-0.15, -0.1) is 0 Å². The number of benzene rings is 6. The van der Waals surface area contributed by atoms with Crippen molar-refractivity contribution in [1.82, 2.24) is 10.6 Å². The maximum Gasteiger partial charge on any atom is 0.416 e. The van der Waals surface area contributed by atoms with Gasteiger partial charge in [0.2, 0.25) is 5.91 Å². The second-order valence-electron chi connectivity index (χ2n) is 14.0. The van der Waals surface area contributed by atoms with E-state index in [1.165, 1.54) is 24.3 Å². The molecule has 0 fully saturated rings. The lowest BCUT2D eigenvalue weighted by molar-refractivity contribution is -0.384. The number of halogens is 6. The van der Waals surface area contributed by atoms with Crippen LogP contribution < -0.4 is 26.6 Å². The number of alkyl halides is 6. The molecule has 1 amide bonds. The zero-order valence-corrected chi connectivity index (χ0v) is 33.4. The van der Waals surface area contributed by atoms with Crippen molar-refractivity contribution in [3.8, 4) is 0 Å². The number of non-ortho nitro benzene ring substituents is 1. The number of hydrogen-bond acceptors (Lipinski definition) is 4. The van der Waals surface area contributed by atoms with E-state index in [0.717, 1.165) is 28.3 Å². The van der Waals surface area contributed by atoms with Gasteiger partial charge in [-0.3, -0.25) is 14.9 Å². The highest BCUT2D eigenvalue weighted by molar-refractivity contribution is 7.88. The predicted molar refractivity (Wildman–Crippen MR) is 228 cm³/mol. The quantitative estimate of drug-likeness (QED) is 0.0332. The molecular weight excluding hydrogens is 822 g/mol. The fourth-order valence-corrected chi connectivity index (χ4v) is 11.8. The van der Waals surface area contributed by atoms with Crippen LogP contribution in [-0.2, 0) is 29.7 Å². The summed E-state index contributed by atoms with van der Waals surface area (Å²) in [7, 11) is -3.06. The number of nitrogens with zero attached hydrogens (tertiary/aromatic N) is 1. The van der Waals surface area contributed by atoms with Gasteiger partial charge in [-0.05, 0) is 89.9 Å². The molecule has 6 rings (SSSR count). The standard InChI is InChI=1S/C45H37F6N4O3PS/c46-44(47,48)34-25-32(26-35(28-34)45(49,50)51)29-59(39-17-9-3-10-18-39,40-19-11-4-12-20-40)30-37(27-31-13-5-1-6-14-31)52-42(56)41(33-15-7-2-8-16-33)54-43(60)53-36-21-23-38(24-22-36)55(57)58/h1-26,28,37,41H,27,29-30H2,(H2-,52,53,54,56,60)/p+1/t37-,41-/m0/s1. The Morgan fingerprint density at radius 2 is 1.13 bits per heavy atom. The van der Waals surface area contributed by atoms with E-state index < -0.39 is 53.7 Å². The van der Waals surface area contributed by atoms with Crippen molar-refractivity contribution in [2.45, 2.75) is 37.0 Å². The average Bonchev–Trinajstić information content (AvgIpc) is 3.23. The minimum atomic E-state index is -5.05. The van der Waals surface area contributed by atoms with E-state index >= 15 is 0 Å². The van der Waals surface area contributed by atoms with Gasteiger partial charge in [-0.1, -0.05) is 97.1 Å². The van der Waals surface area contributed by atoms with Crippen molar-refractivity contribution in [3.05, 3.63) is 202 Å². The smallest absolute Gasteiger partial charge is 0.347 e. The number of thiocarbonyl (C=S) groups is 1. The third-order valence-electron chi connectivity index (χ3n) is 9.81. The molecule has 15 heteroatoms. The molecule has 0 heterocycles. The number of amides is 1. The first-order valence-corrected chi connectivity index (χ1v) is 21.2. The summed E-state index contributed by atoms with van der Waals surface area (Å²) in [5, 5.41) is 21.9. The predicted octanol–water partition coefficient (Wildman–Crippen LogP) is 10.3. The molecule has 0 aliphatic rings. The van der Waals surface area contributed by atoms with Crippen LogP contribution in [0.3, 0.4) is 0 Å². The van der Waals surface area contributed by atoms with Crippen molar-refractivity contribution in [1.29, 1.82) is 0 Å². The Bertz CT molecular complexity index is 2320. The summed E-state index contributed by atoms with van der Waals surface area (Å²) in [5.74, 6) is -0.507. The highest BCUT2D eigenvalue weighted by Gasteiger charge is 2.47. The van der Waals surface area contributed by atoms with Crippen LogP contribution in [0.5, 0.6) is 0 Å². The van der Waals surface area contributed by atoms with Crippen LogP contribution in [0.4, 0.5) is 37.7 Å². The van der Waals surface area contributed by atoms with Crippen molar-refractivity contribution in [2.24, 2.45) is 0 Å². The van der Waals surface area contributed by atoms with Gasteiger partial charge in [0.05, 0.1) is 52.3 Å². The molecule has 0 aliphatic carbocycles. The van der Waals surface area contributed by atoms with Gasteiger partial charge in [0, 0.05) is 17.8 Å². The maximum absolute atomic E-state index is 14.7. The molecule has 0 saturated carbocycles. The minimum absolute atomic E-state index is 0.0351.